The third kappa shape index (κ3) is 5.14. The number of aromatic nitrogens is 1. The zero-order chi connectivity index (χ0) is 16.7. The van der Waals surface area contributed by atoms with Gasteiger partial charge < -0.3 is 14.5 Å². The van der Waals surface area contributed by atoms with Gasteiger partial charge in [-0.1, -0.05) is 12.1 Å². The molecule has 0 atom stereocenters. The quantitative estimate of drug-likeness (QED) is 0.666. The number of aryl methyl sites for hydroxylation is 1. The molecular formula is C15H21N3O4S. The number of rotatable bonds is 9. The first-order valence-electron chi connectivity index (χ1n) is 7.25. The maximum Gasteiger partial charge on any atom is 0.240 e. The number of ether oxygens (including phenoxy) is 1. The van der Waals surface area contributed by atoms with Crippen LogP contribution in [0, 0.1) is 6.92 Å². The second kappa shape index (κ2) is 8.21. The summed E-state index contributed by atoms with van der Waals surface area (Å²) < 4.78 is 36.9. The van der Waals surface area contributed by atoms with E-state index in [1.54, 1.807) is 44.6 Å². The maximum absolute atomic E-state index is 12.2. The van der Waals surface area contributed by atoms with E-state index in [-0.39, 0.29) is 4.90 Å². The van der Waals surface area contributed by atoms with Crippen molar-refractivity contribution in [3.8, 4) is 11.3 Å². The van der Waals surface area contributed by atoms with E-state index >= 15 is 0 Å². The minimum Gasteiger partial charge on any atom is -0.449 e. The van der Waals surface area contributed by atoms with Crippen molar-refractivity contribution in [1.29, 1.82) is 0 Å². The van der Waals surface area contributed by atoms with E-state index < -0.39 is 10.0 Å². The molecule has 2 N–H and O–H groups in total. The molecule has 23 heavy (non-hydrogen) atoms. The molecule has 0 saturated heterocycles. The van der Waals surface area contributed by atoms with Crippen LogP contribution in [-0.4, -0.2) is 46.8 Å². The molecule has 1 heterocycles. The van der Waals surface area contributed by atoms with Gasteiger partial charge in [0.05, 0.1) is 11.5 Å². The van der Waals surface area contributed by atoms with Gasteiger partial charge in [-0.25, -0.2) is 18.1 Å². The van der Waals surface area contributed by atoms with E-state index in [1.165, 1.54) is 0 Å². The fraction of sp³-hybridized carbons (Fsp3) is 0.400. The van der Waals surface area contributed by atoms with Crippen LogP contribution in [0.5, 0.6) is 0 Å². The highest BCUT2D eigenvalue weighted by Gasteiger charge is 2.13. The molecule has 0 aliphatic carbocycles. The Kier molecular flexibility index (Phi) is 6.28. The van der Waals surface area contributed by atoms with Gasteiger partial charge in [0, 0.05) is 39.2 Å². The summed E-state index contributed by atoms with van der Waals surface area (Å²) in [5, 5.41) is 3.07. The van der Waals surface area contributed by atoms with Gasteiger partial charge >= 0.3 is 0 Å². The molecule has 1 aromatic heterocycles. The van der Waals surface area contributed by atoms with E-state index in [0.29, 0.717) is 37.8 Å². The van der Waals surface area contributed by atoms with Crippen molar-refractivity contribution in [2.45, 2.75) is 11.8 Å². The van der Waals surface area contributed by atoms with Crippen LogP contribution in [0.3, 0.4) is 0 Å². The van der Waals surface area contributed by atoms with Gasteiger partial charge in [-0.3, -0.25) is 0 Å². The number of sulfonamides is 1. The first kappa shape index (κ1) is 17.6. The summed E-state index contributed by atoms with van der Waals surface area (Å²) in [6.07, 6.45) is 1.54. The predicted octanol–water partition coefficient (Wildman–Crippen LogP) is 1.16. The third-order valence-corrected chi connectivity index (χ3v) is 4.63. The summed E-state index contributed by atoms with van der Waals surface area (Å²) in [6.45, 7) is 3.89. The maximum atomic E-state index is 12.2. The Morgan fingerprint density at radius 1 is 1.17 bits per heavy atom. The van der Waals surface area contributed by atoms with Crippen LogP contribution < -0.4 is 10.0 Å². The number of methoxy groups -OCH3 is 1. The number of hydrogen-bond acceptors (Lipinski definition) is 6. The zero-order valence-electron chi connectivity index (χ0n) is 13.2. The van der Waals surface area contributed by atoms with Gasteiger partial charge in [-0.2, -0.15) is 0 Å². The monoisotopic (exact) mass is 339 g/mol. The average Bonchev–Trinajstić information content (AvgIpc) is 2.97. The van der Waals surface area contributed by atoms with Crippen LogP contribution in [0.1, 0.15) is 5.89 Å². The Labute approximate surface area is 136 Å². The molecule has 0 saturated carbocycles. The number of benzene rings is 1. The summed E-state index contributed by atoms with van der Waals surface area (Å²) >= 11 is 0. The van der Waals surface area contributed by atoms with Gasteiger partial charge in [0.15, 0.2) is 5.89 Å². The van der Waals surface area contributed by atoms with Gasteiger partial charge in [-0.15, -0.1) is 0 Å². The Bertz CT molecular complexity index is 711. The number of oxazole rings is 1. The zero-order valence-corrected chi connectivity index (χ0v) is 14.0. The summed E-state index contributed by atoms with van der Waals surface area (Å²) in [7, 11) is -1.89. The molecular weight excluding hydrogens is 318 g/mol. The largest absolute Gasteiger partial charge is 0.449 e. The van der Waals surface area contributed by atoms with Crippen molar-refractivity contribution in [3.63, 3.8) is 0 Å². The highest BCUT2D eigenvalue weighted by molar-refractivity contribution is 7.89. The second-order valence-electron chi connectivity index (χ2n) is 4.92. The SMILES string of the molecule is COCCNCCNS(=O)(=O)c1ccc(-c2coc(C)n2)cc1. The molecule has 1 aromatic carbocycles. The van der Waals surface area contributed by atoms with Crippen LogP contribution in [0.15, 0.2) is 39.8 Å². The van der Waals surface area contributed by atoms with Crippen LogP contribution in [-0.2, 0) is 14.8 Å². The van der Waals surface area contributed by atoms with Crippen molar-refractivity contribution >= 4 is 10.0 Å². The minimum absolute atomic E-state index is 0.221. The van der Waals surface area contributed by atoms with Crippen molar-refractivity contribution in [1.82, 2.24) is 15.0 Å². The molecule has 126 valence electrons. The molecule has 0 spiro atoms. The summed E-state index contributed by atoms with van der Waals surface area (Å²) in [5.74, 6) is 0.569. The standard InChI is InChI=1S/C15H21N3O4S/c1-12-18-15(11-22-12)13-3-5-14(6-4-13)23(19,20)17-8-7-16-9-10-21-2/h3-6,11,16-17H,7-10H2,1-2H3. The average molecular weight is 339 g/mol. The van der Waals surface area contributed by atoms with Crippen LogP contribution >= 0.6 is 0 Å². The lowest BCUT2D eigenvalue weighted by atomic mass is 10.2. The summed E-state index contributed by atoms with van der Waals surface area (Å²) in [5.41, 5.74) is 1.49. The lowest BCUT2D eigenvalue weighted by Crippen LogP contribution is -2.33. The Morgan fingerprint density at radius 2 is 1.91 bits per heavy atom. The van der Waals surface area contributed by atoms with Gasteiger partial charge in [0.2, 0.25) is 10.0 Å². The molecule has 0 amide bonds. The second-order valence-corrected chi connectivity index (χ2v) is 6.68. The van der Waals surface area contributed by atoms with E-state index in [2.05, 4.69) is 15.0 Å². The Balaban J connectivity index is 1.92. The number of hydrogen-bond donors (Lipinski definition) is 2. The third-order valence-electron chi connectivity index (χ3n) is 3.16. The summed E-state index contributed by atoms with van der Waals surface area (Å²) in [4.78, 5) is 4.43. The first-order valence-corrected chi connectivity index (χ1v) is 8.73. The van der Waals surface area contributed by atoms with Crippen molar-refractivity contribution in [2.75, 3.05) is 33.4 Å². The van der Waals surface area contributed by atoms with E-state index in [9.17, 15) is 8.42 Å². The molecule has 2 rings (SSSR count). The molecule has 0 aliphatic rings. The smallest absolute Gasteiger partial charge is 0.240 e. The van der Waals surface area contributed by atoms with Crippen molar-refractivity contribution in [3.05, 3.63) is 36.4 Å². The highest BCUT2D eigenvalue weighted by atomic mass is 32.2. The van der Waals surface area contributed by atoms with Gasteiger partial charge in [-0.05, 0) is 12.1 Å². The van der Waals surface area contributed by atoms with E-state index in [0.717, 1.165) is 5.56 Å². The molecule has 7 nitrogen and oxygen atoms in total. The molecule has 0 unspecified atom stereocenters. The first-order chi connectivity index (χ1) is 11.0. The van der Waals surface area contributed by atoms with Gasteiger partial charge in [0.1, 0.15) is 12.0 Å². The molecule has 0 bridgehead atoms. The fourth-order valence-corrected chi connectivity index (χ4v) is 2.99. The van der Waals surface area contributed by atoms with Crippen LogP contribution in [0.2, 0.25) is 0 Å². The van der Waals surface area contributed by atoms with Crippen molar-refractivity contribution in [2.24, 2.45) is 0 Å². The lowest BCUT2D eigenvalue weighted by Gasteiger charge is -2.08. The Morgan fingerprint density at radius 3 is 2.52 bits per heavy atom. The molecule has 0 fully saturated rings. The highest BCUT2D eigenvalue weighted by Crippen LogP contribution is 2.20. The Hall–Kier alpha value is -1.74. The lowest BCUT2D eigenvalue weighted by molar-refractivity contribution is 0.199. The summed E-state index contributed by atoms with van der Waals surface area (Å²) in [6, 6.07) is 6.53. The van der Waals surface area contributed by atoms with Crippen LogP contribution in [0.25, 0.3) is 11.3 Å². The molecule has 8 heteroatoms. The number of nitrogens with zero attached hydrogens (tertiary/aromatic N) is 1. The van der Waals surface area contributed by atoms with Crippen molar-refractivity contribution < 1.29 is 17.6 Å². The van der Waals surface area contributed by atoms with Crippen LogP contribution in [0.4, 0.5) is 0 Å². The van der Waals surface area contributed by atoms with E-state index in [1.807, 2.05) is 0 Å². The molecule has 0 radical (unpaired) electrons. The topological polar surface area (TPSA) is 93.5 Å². The number of nitrogens with one attached hydrogen (secondary N) is 2. The molecule has 0 aliphatic heterocycles. The van der Waals surface area contributed by atoms with Gasteiger partial charge in [0.25, 0.3) is 0 Å². The fourth-order valence-electron chi connectivity index (χ4n) is 1.96. The predicted molar refractivity (Wildman–Crippen MR) is 86.6 cm³/mol. The normalized spacial score (nSPS) is 11.7. The van der Waals surface area contributed by atoms with E-state index in [4.69, 9.17) is 9.15 Å². The molecule has 2 aromatic rings. The minimum atomic E-state index is -3.51.